The van der Waals surface area contributed by atoms with Gasteiger partial charge in [0.2, 0.25) is 0 Å². The van der Waals surface area contributed by atoms with Gasteiger partial charge in [-0.05, 0) is 25.0 Å². The van der Waals surface area contributed by atoms with E-state index in [2.05, 4.69) is 21.2 Å². The first-order chi connectivity index (χ1) is 8.83. The molecule has 3 nitrogen and oxygen atoms in total. The van der Waals surface area contributed by atoms with E-state index in [1.54, 1.807) is 0 Å². The van der Waals surface area contributed by atoms with Crippen molar-refractivity contribution >= 4 is 34.2 Å². The highest BCUT2D eigenvalue weighted by Crippen LogP contribution is 2.19. The topological polar surface area (TPSA) is 55.1 Å². The summed E-state index contributed by atoms with van der Waals surface area (Å²) >= 11 is 2.96. The lowest BCUT2D eigenvalue weighted by atomic mass is 9.94. The summed E-state index contributed by atoms with van der Waals surface area (Å²) in [5.41, 5.74) is 4.87. The highest BCUT2D eigenvalue weighted by atomic mass is 79.9. The summed E-state index contributed by atoms with van der Waals surface area (Å²) in [5, 5.41) is 2.48. The van der Waals surface area contributed by atoms with Crippen molar-refractivity contribution in [2.45, 2.75) is 32.2 Å². The molecule has 20 heavy (non-hydrogen) atoms. The Balaban J connectivity index is 0.00000361. The van der Waals surface area contributed by atoms with Gasteiger partial charge in [-0.25, -0.2) is 8.78 Å². The highest BCUT2D eigenvalue weighted by molar-refractivity contribution is 9.10. The normalized spacial score (nSPS) is 10.9. The minimum absolute atomic E-state index is 0. The molecule has 1 amide bonds. The van der Waals surface area contributed by atoms with Crippen LogP contribution in [0.4, 0.5) is 8.78 Å². The molecule has 3 N–H and O–H groups in total. The van der Waals surface area contributed by atoms with E-state index in [0.717, 1.165) is 12.1 Å². The number of nitrogens with two attached hydrogens (primary N) is 1. The Hall–Kier alpha value is -0.720. The molecular formula is C13H18BrClF2N2O. The molecule has 0 saturated carbocycles. The fraction of sp³-hybridized carbons (Fsp3) is 0.462. The first kappa shape index (κ1) is 19.3. The zero-order valence-electron chi connectivity index (χ0n) is 11.3. The first-order valence-corrected chi connectivity index (χ1v) is 6.84. The predicted molar refractivity (Wildman–Crippen MR) is 81.1 cm³/mol. The monoisotopic (exact) mass is 370 g/mol. The highest BCUT2D eigenvalue weighted by Gasteiger charge is 2.24. The molecule has 0 radical (unpaired) electrons. The van der Waals surface area contributed by atoms with Crippen molar-refractivity contribution in [3.63, 3.8) is 0 Å². The summed E-state index contributed by atoms with van der Waals surface area (Å²) < 4.78 is 27.4. The average molecular weight is 372 g/mol. The molecule has 0 atom stereocenters. The van der Waals surface area contributed by atoms with Crippen LogP contribution in [0, 0.1) is 11.6 Å². The Labute approximate surface area is 131 Å². The van der Waals surface area contributed by atoms with Crippen LogP contribution in [-0.4, -0.2) is 18.0 Å². The number of amides is 1. The largest absolute Gasteiger partial charge is 0.350 e. The molecule has 1 aromatic rings. The molecule has 0 aliphatic carbocycles. The fourth-order valence-corrected chi connectivity index (χ4v) is 2.01. The van der Waals surface area contributed by atoms with E-state index in [9.17, 15) is 13.6 Å². The molecule has 0 heterocycles. The second-order valence-electron chi connectivity index (χ2n) is 4.50. The van der Waals surface area contributed by atoms with Crippen LogP contribution < -0.4 is 11.1 Å². The third-order valence-corrected chi connectivity index (χ3v) is 3.70. The number of rotatable bonds is 5. The summed E-state index contributed by atoms with van der Waals surface area (Å²) in [5.74, 6) is -2.60. The minimum Gasteiger partial charge on any atom is -0.350 e. The van der Waals surface area contributed by atoms with Crippen molar-refractivity contribution in [1.82, 2.24) is 5.32 Å². The van der Waals surface area contributed by atoms with Gasteiger partial charge in [-0.2, -0.15) is 0 Å². The van der Waals surface area contributed by atoms with Crippen LogP contribution in [0.2, 0.25) is 0 Å². The van der Waals surface area contributed by atoms with Crippen molar-refractivity contribution in [3.05, 3.63) is 33.8 Å². The summed E-state index contributed by atoms with van der Waals surface area (Å²) in [4.78, 5) is 11.8. The van der Waals surface area contributed by atoms with E-state index < -0.39 is 28.6 Å². The second-order valence-corrected chi connectivity index (χ2v) is 5.41. The third-order valence-electron chi connectivity index (χ3n) is 3.24. The quantitative estimate of drug-likeness (QED) is 0.833. The van der Waals surface area contributed by atoms with Gasteiger partial charge in [0, 0.05) is 16.6 Å². The molecule has 0 bridgehead atoms. The van der Waals surface area contributed by atoms with E-state index >= 15 is 0 Å². The number of hydrogen-bond acceptors (Lipinski definition) is 2. The Kier molecular flexibility index (Phi) is 7.62. The van der Waals surface area contributed by atoms with Crippen LogP contribution in [0.25, 0.3) is 0 Å². The Morgan fingerprint density at radius 3 is 2.15 bits per heavy atom. The Morgan fingerprint density at radius 1 is 1.30 bits per heavy atom. The van der Waals surface area contributed by atoms with Gasteiger partial charge >= 0.3 is 0 Å². The van der Waals surface area contributed by atoms with Crippen molar-refractivity contribution < 1.29 is 13.6 Å². The van der Waals surface area contributed by atoms with Gasteiger partial charge in [0.1, 0.15) is 17.2 Å². The van der Waals surface area contributed by atoms with Crippen LogP contribution >= 0.6 is 28.3 Å². The summed E-state index contributed by atoms with van der Waals surface area (Å²) in [6.07, 6.45) is 1.32. The predicted octanol–water partition coefficient (Wildman–Crippen LogP) is 3.40. The lowest BCUT2D eigenvalue weighted by Crippen LogP contribution is -2.49. The summed E-state index contributed by atoms with van der Waals surface area (Å²) in [6, 6.07) is 2.10. The van der Waals surface area contributed by atoms with Gasteiger partial charge in [0.05, 0.1) is 0 Å². The number of hydrogen-bond donors (Lipinski definition) is 2. The summed E-state index contributed by atoms with van der Waals surface area (Å²) in [7, 11) is 0. The molecule has 7 heteroatoms. The molecule has 0 aliphatic heterocycles. The number of carbonyl (C=O) groups is 1. The molecule has 0 saturated heterocycles. The van der Waals surface area contributed by atoms with Crippen molar-refractivity contribution in [3.8, 4) is 0 Å². The molecule has 0 spiro atoms. The molecule has 0 aliphatic rings. The van der Waals surface area contributed by atoms with E-state index in [0.29, 0.717) is 12.8 Å². The molecule has 0 fully saturated rings. The standard InChI is InChI=1S/C13H17BrF2N2O.ClH/c1-3-13(17,4-2)7-18-12(19)11-9(15)5-8(14)6-10(11)16;/h5-6H,3-4,7,17H2,1-2H3,(H,18,19);1H. The number of benzene rings is 1. The number of nitrogens with one attached hydrogen (secondary N) is 1. The fourth-order valence-electron chi connectivity index (χ4n) is 1.60. The summed E-state index contributed by atoms with van der Waals surface area (Å²) in [6.45, 7) is 3.97. The van der Waals surface area contributed by atoms with Crippen LogP contribution in [0.15, 0.2) is 16.6 Å². The zero-order valence-corrected chi connectivity index (χ0v) is 13.7. The van der Waals surface area contributed by atoms with E-state index in [4.69, 9.17) is 5.73 Å². The molecule has 0 aromatic heterocycles. The maximum Gasteiger partial charge on any atom is 0.257 e. The van der Waals surface area contributed by atoms with Crippen LogP contribution in [0.5, 0.6) is 0 Å². The van der Waals surface area contributed by atoms with E-state index in [-0.39, 0.29) is 23.4 Å². The van der Waals surface area contributed by atoms with E-state index in [1.165, 1.54) is 0 Å². The molecule has 114 valence electrons. The first-order valence-electron chi connectivity index (χ1n) is 6.04. The van der Waals surface area contributed by atoms with Crippen molar-refractivity contribution in [1.29, 1.82) is 0 Å². The third kappa shape index (κ3) is 4.68. The van der Waals surface area contributed by atoms with Crippen molar-refractivity contribution in [2.24, 2.45) is 5.73 Å². The van der Waals surface area contributed by atoms with Gasteiger partial charge in [-0.3, -0.25) is 4.79 Å². The lowest BCUT2D eigenvalue weighted by Gasteiger charge is -2.26. The molecule has 1 aromatic carbocycles. The minimum atomic E-state index is -0.903. The van der Waals surface area contributed by atoms with Gasteiger partial charge in [-0.15, -0.1) is 12.4 Å². The average Bonchev–Trinajstić information content (AvgIpc) is 2.34. The van der Waals surface area contributed by atoms with Crippen LogP contribution in [0.1, 0.15) is 37.0 Å². The van der Waals surface area contributed by atoms with Gasteiger partial charge < -0.3 is 11.1 Å². The maximum atomic E-state index is 13.6. The lowest BCUT2D eigenvalue weighted by molar-refractivity contribution is 0.0933. The molecular weight excluding hydrogens is 354 g/mol. The van der Waals surface area contributed by atoms with Crippen LogP contribution in [0.3, 0.4) is 0 Å². The molecule has 1 rings (SSSR count). The van der Waals surface area contributed by atoms with E-state index in [1.807, 2.05) is 13.8 Å². The van der Waals surface area contributed by atoms with Crippen molar-refractivity contribution in [2.75, 3.05) is 6.54 Å². The Morgan fingerprint density at radius 2 is 1.75 bits per heavy atom. The second kappa shape index (κ2) is 7.90. The SMILES string of the molecule is CCC(N)(CC)CNC(=O)c1c(F)cc(Br)cc1F.Cl. The smallest absolute Gasteiger partial charge is 0.257 e. The van der Waals surface area contributed by atoms with Gasteiger partial charge in [0.25, 0.3) is 5.91 Å². The number of halogens is 4. The maximum absolute atomic E-state index is 13.6. The van der Waals surface area contributed by atoms with Gasteiger partial charge in [-0.1, -0.05) is 29.8 Å². The Bertz CT molecular complexity index is 458. The van der Waals surface area contributed by atoms with Gasteiger partial charge in [0.15, 0.2) is 0 Å². The zero-order chi connectivity index (χ0) is 14.6. The number of carbonyl (C=O) groups excluding carboxylic acids is 1. The molecule has 0 unspecified atom stereocenters. The van der Waals surface area contributed by atoms with Crippen LogP contribution in [-0.2, 0) is 0 Å².